The van der Waals surface area contributed by atoms with Gasteiger partial charge in [-0.15, -0.1) is 0 Å². The summed E-state index contributed by atoms with van der Waals surface area (Å²) in [4.78, 5) is 27.8. The Morgan fingerprint density at radius 1 is 1.44 bits per heavy atom. The SMILES string of the molecule is CCNC1CCN(C(C)C(=O)N(CC)CC)C1=O. The van der Waals surface area contributed by atoms with Gasteiger partial charge in [-0.1, -0.05) is 6.92 Å². The number of nitrogens with one attached hydrogen (secondary N) is 1. The lowest BCUT2D eigenvalue weighted by Gasteiger charge is -2.29. The second kappa shape index (κ2) is 6.73. The van der Waals surface area contributed by atoms with Crippen LogP contribution < -0.4 is 5.32 Å². The summed E-state index contributed by atoms with van der Waals surface area (Å²) in [5, 5.41) is 3.16. The summed E-state index contributed by atoms with van der Waals surface area (Å²) in [7, 11) is 0. The molecular weight excluding hydrogens is 230 g/mol. The Morgan fingerprint density at radius 3 is 2.56 bits per heavy atom. The van der Waals surface area contributed by atoms with Crippen LogP contribution in [0.5, 0.6) is 0 Å². The lowest BCUT2D eigenvalue weighted by atomic mass is 10.2. The van der Waals surface area contributed by atoms with Gasteiger partial charge in [0.2, 0.25) is 11.8 Å². The molecule has 5 heteroatoms. The third-order valence-electron chi connectivity index (χ3n) is 3.59. The van der Waals surface area contributed by atoms with Gasteiger partial charge in [-0.3, -0.25) is 9.59 Å². The molecule has 0 spiro atoms. The minimum atomic E-state index is -0.346. The topological polar surface area (TPSA) is 52.7 Å². The molecule has 5 nitrogen and oxygen atoms in total. The van der Waals surface area contributed by atoms with E-state index in [4.69, 9.17) is 0 Å². The van der Waals surface area contributed by atoms with Crippen molar-refractivity contribution in [3.63, 3.8) is 0 Å². The van der Waals surface area contributed by atoms with E-state index < -0.39 is 0 Å². The number of hydrogen-bond acceptors (Lipinski definition) is 3. The van der Waals surface area contributed by atoms with Crippen molar-refractivity contribution >= 4 is 11.8 Å². The van der Waals surface area contributed by atoms with E-state index in [2.05, 4.69) is 5.32 Å². The predicted molar refractivity (Wildman–Crippen MR) is 71.2 cm³/mol. The molecule has 1 rings (SSSR count). The minimum Gasteiger partial charge on any atom is -0.341 e. The van der Waals surface area contributed by atoms with Crippen molar-refractivity contribution in [2.24, 2.45) is 0 Å². The number of amides is 2. The fourth-order valence-electron chi connectivity index (χ4n) is 2.46. The standard InChI is InChI=1S/C13H25N3O2/c1-5-14-11-8-9-16(13(11)18)10(4)12(17)15(6-2)7-3/h10-11,14H,5-9H2,1-4H3. The molecule has 1 N–H and O–H groups in total. The number of carbonyl (C=O) groups excluding carboxylic acids is 2. The first kappa shape index (κ1) is 15.0. The molecule has 2 amide bonds. The average Bonchev–Trinajstić information content (AvgIpc) is 2.72. The van der Waals surface area contributed by atoms with Crippen LogP contribution in [-0.4, -0.2) is 59.9 Å². The highest BCUT2D eigenvalue weighted by Gasteiger charge is 2.37. The molecule has 0 aromatic carbocycles. The Bertz CT molecular complexity index is 303. The summed E-state index contributed by atoms with van der Waals surface area (Å²) in [5.74, 6) is 0.107. The van der Waals surface area contributed by atoms with Crippen molar-refractivity contribution in [3.05, 3.63) is 0 Å². The fraction of sp³-hybridized carbons (Fsp3) is 0.846. The van der Waals surface area contributed by atoms with Crippen molar-refractivity contribution in [2.45, 2.75) is 46.2 Å². The van der Waals surface area contributed by atoms with Crippen LogP contribution in [-0.2, 0) is 9.59 Å². The molecule has 104 valence electrons. The molecule has 1 heterocycles. The van der Waals surface area contributed by atoms with E-state index in [0.717, 1.165) is 13.0 Å². The molecule has 2 unspecified atom stereocenters. The molecule has 0 bridgehead atoms. The van der Waals surface area contributed by atoms with Crippen molar-refractivity contribution in [1.29, 1.82) is 0 Å². The van der Waals surface area contributed by atoms with Gasteiger partial charge in [0.05, 0.1) is 6.04 Å². The largest absolute Gasteiger partial charge is 0.341 e. The van der Waals surface area contributed by atoms with Crippen molar-refractivity contribution in [1.82, 2.24) is 15.1 Å². The first-order valence-electron chi connectivity index (χ1n) is 6.89. The Labute approximate surface area is 110 Å². The van der Waals surface area contributed by atoms with E-state index in [1.165, 1.54) is 0 Å². The molecule has 0 saturated carbocycles. The quantitative estimate of drug-likeness (QED) is 0.750. The van der Waals surface area contributed by atoms with Gasteiger partial charge in [-0.05, 0) is 33.7 Å². The van der Waals surface area contributed by atoms with Gasteiger partial charge < -0.3 is 15.1 Å². The van der Waals surface area contributed by atoms with Gasteiger partial charge in [0, 0.05) is 19.6 Å². The summed E-state index contributed by atoms with van der Waals surface area (Å²) in [6.07, 6.45) is 0.794. The highest BCUT2D eigenvalue weighted by atomic mass is 16.2. The summed E-state index contributed by atoms with van der Waals surface area (Å²) in [6.45, 7) is 10.6. The third kappa shape index (κ3) is 3.02. The Balaban J connectivity index is 2.65. The van der Waals surface area contributed by atoms with Crippen LogP contribution in [0.25, 0.3) is 0 Å². The molecule has 0 aromatic rings. The number of carbonyl (C=O) groups is 2. The third-order valence-corrected chi connectivity index (χ3v) is 3.59. The maximum Gasteiger partial charge on any atom is 0.245 e. The molecular formula is C13H25N3O2. The van der Waals surface area contributed by atoms with Gasteiger partial charge in [0.25, 0.3) is 0 Å². The smallest absolute Gasteiger partial charge is 0.245 e. The zero-order valence-corrected chi connectivity index (χ0v) is 11.9. The highest BCUT2D eigenvalue weighted by molar-refractivity contribution is 5.90. The first-order valence-corrected chi connectivity index (χ1v) is 6.89. The van der Waals surface area contributed by atoms with Gasteiger partial charge in [0.1, 0.15) is 6.04 Å². The van der Waals surface area contributed by atoms with E-state index in [0.29, 0.717) is 19.6 Å². The minimum absolute atomic E-state index is 0.0468. The normalized spacial score (nSPS) is 21.2. The number of nitrogens with zero attached hydrogens (tertiary/aromatic N) is 2. The molecule has 2 atom stereocenters. The summed E-state index contributed by atoms with van der Waals surface area (Å²) >= 11 is 0. The van der Waals surface area contributed by atoms with E-state index in [1.54, 1.807) is 9.80 Å². The fourth-order valence-corrected chi connectivity index (χ4v) is 2.46. The average molecular weight is 255 g/mol. The molecule has 0 radical (unpaired) electrons. The first-order chi connectivity index (χ1) is 8.56. The predicted octanol–water partition coefficient (Wildman–Crippen LogP) is 0.454. The monoisotopic (exact) mass is 255 g/mol. The van der Waals surface area contributed by atoms with Crippen LogP contribution in [0.2, 0.25) is 0 Å². The Hall–Kier alpha value is -1.10. The van der Waals surface area contributed by atoms with Gasteiger partial charge in [-0.2, -0.15) is 0 Å². The van der Waals surface area contributed by atoms with E-state index in [-0.39, 0.29) is 23.9 Å². The number of likely N-dealkylation sites (N-methyl/N-ethyl adjacent to an activating group) is 2. The number of hydrogen-bond donors (Lipinski definition) is 1. The summed E-state index contributed by atoms with van der Waals surface area (Å²) < 4.78 is 0. The van der Waals surface area contributed by atoms with Crippen LogP contribution in [0.1, 0.15) is 34.1 Å². The summed E-state index contributed by atoms with van der Waals surface area (Å²) in [6, 6.07) is -0.456. The Kier molecular flexibility index (Phi) is 5.59. The van der Waals surface area contributed by atoms with Crippen molar-refractivity contribution < 1.29 is 9.59 Å². The summed E-state index contributed by atoms with van der Waals surface area (Å²) in [5.41, 5.74) is 0. The maximum atomic E-state index is 12.2. The zero-order valence-electron chi connectivity index (χ0n) is 11.9. The van der Waals surface area contributed by atoms with Crippen molar-refractivity contribution in [3.8, 4) is 0 Å². The van der Waals surface area contributed by atoms with E-state index in [1.807, 2.05) is 27.7 Å². The molecule has 1 aliphatic rings. The van der Waals surface area contributed by atoms with Crippen LogP contribution in [0.3, 0.4) is 0 Å². The highest BCUT2D eigenvalue weighted by Crippen LogP contribution is 2.16. The van der Waals surface area contributed by atoms with Crippen LogP contribution >= 0.6 is 0 Å². The zero-order chi connectivity index (χ0) is 13.7. The lowest BCUT2D eigenvalue weighted by Crippen LogP contribution is -2.49. The van der Waals surface area contributed by atoms with Crippen LogP contribution in [0.4, 0.5) is 0 Å². The molecule has 0 aliphatic carbocycles. The van der Waals surface area contributed by atoms with Gasteiger partial charge in [0.15, 0.2) is 0 Å². The van der Waals surface area contributed by atoms with E-state index in [9.17, 15) is 9.59 Å². The molecule has 18 heavy (non-hydrogen) atoms. The Morgan fingerprint density at radius 2 is 2.06 bits per heavy atom. The molecule has 1 saturated heterocycles. The number of likely N-dealkylation sites (tertiary alicyclic amines) is 1. The molecule has 0 aromatic heterocycles. The van der Waals surface area contributed by atoms with Crippen LogP contribution in [0, 0.1) is 0 Å². The number of rotatable bonds is 6. The maximum absolute atomic E-state index is 12.2. The van der Waals surface area contributed by atoms with Crippen LogP contribution in [0.15, 0.2) is 0 Å². The molecule has 1 aliphatic heterocycles. The van der Waals surface area contributed by atoms with Gasteiger partial charge in [-0.25, -0.2) is 0 Å². The van der Waals surface area contributed by atoms with E-state index >= 15 is 0 Å². The van der Waals surface area contributed by atoms with Crippen molar-refractivity contribution in [2.75, 3.05) is 26.2 Å². The van der Waals surface area contributed by atoms with Gasteiger partial charge >= 0.3 is 0 Å². The molecule has 1 fully saturated rings. The lowest BCUT2D eigenvalue weighted by molar-refractivity contribution is -0.143. The second-order valence-corrected chi connectivity index (χ2v) is 4.62. The second-order valence-electron chi connectivity index (χ2n) is 4.62.